The summed E-state index contributed by atoms with van der Waals surface area (Å²) in [5, 5.41) is 0. The van der Waals surface area contributed by atoms with E-state index in [1.54, 1.807) is 0 Å². The molecule has 0 atom stereocenters. The second-order valence-corrected chi connectivity index (χ2v) is 18.1. The monoisotopic (exact) mass is 1220 g/mol. The lowest BCUT2D eigenvalue weighted by Gasteiger charge is -2.46. The van der Waals surface area contributed by atoms with Crippen molar-refractivity contribution in [1.29, 1.82) is 0 Å². The lowest BCUT2D eigenvalue weighted by atomic mass is 9.12. The summed E-state index contributed by atoms with van der Waals surface area (Å²) in [7, 11) is 0. The van der Waals surface area contributed by atoms with E-state index < -0.39 is 195 Å². The largest absolute Gasteiger partial charge is 0.416 e. The molecule has 2 nitrogen and oxygen atoms in total. The highest BCUT2D eigenvalue weighted by Crippen LogP contribution is 2.41. The van der Waals surface area contributed by atoms with E-state index in [4.69, 9.17) is 0 Å². The van der Waals surface area contributed by atoms with Crippen LogP contribution in [0.3, 0.4) is 0 Å². The van der Waals surface area contributed by atoms with E-state index in [-0.39, 0.29) is 5.78 Å². The van der Waals surface area contributed by atoms with Crippen molar-refractivity contribution in [3.8, 4) is 11.3 Å². The van der Waals surface area contributed by atoms with Gasteiger partial charge in [0.2, 0.25) is 18.0 Å². The summed E-state index contributed by atoms with van der Waals surface area (Å²) in [6, 6.07) is 14.6. The number of benzene rings is 6. The third-order valence-electron chi connectivity index (χ3n) is 11.9. The topological polar surface area (TPSA) is 20.9 Å². The Morgan fingerprint density at radius 3 is 0.886 bits per heavy atom. The molecule has 79 heavy (non-hydrogen) atoms. The fourth-order valence-electron chi connectivity index (χ4n) is 8.44. The second-order valence-electron chi connectivity index (χ2n) is 17.2. The van der Waals surface area contributed by atoms with E-state index in [9.17, 15) is 110 Å². The van der Waals surface area contributed by atoms with Crippen molar-refractivity contribution in [2.75, 3.05) is 0 Å². The van der Waals surface area contributed by atoms with E-state index in [0.29, 0.717) is 6.54 Å². The highest BCUT2D eigenvalue weighted by Gasteiger charge is 2.47. The Kier molecular flexibility index (Phi) is 16.7. The van der Waals surface area contributed by atoms with Gasteiger partial charge in [0, 0.05) is 27.7 Å². The van der Waals surface area contributed by atoms with Crippen LogP contribution in [-0.2, 0) is 56.0 Å². The molecule has 1 aromatic heterocycles. The average molecular weight is 1220 g/mol. The molecule has 0 bridgehead atoms. The molecule has 0 radical (unpaired) electrons. The normalized spacial score (nSPS) is 13.2. The molecule has 7 rings (SSSR count). The molecule has 0 N–H and O–H groups in total. The summed E-state index contributed by atoms with van der Waals surface area (Å²) in [6.45, 7) is 0.330. The molecule has 0 aliphatic carbocycles. The number of alkyl halides is 24. The van der Waals surface area contributed by atoms with Crippen LogP contribution in [0.15, 0.2) is 156 Å². The highest BCUT2D eigenvalue weighted by atomic mass is 79.9. The third kappa shape index (κ3) is 14.3. The quantitative estimate of drug-likeness (QED) is 0.0643. The zero-order valence-corrected chi connectivity index (χ0v) is 40.1. The lowest BCUT2D eigenvalue weighted by Crippen LogP contribution is -2.75. The predicted molar refractivity (Wildman–Crippen MR) is 241 cm³/mol. The molecular weight excluding hydrogens is 1190 g/mol. The van der Waals surface area contributed by atoms with Crippen molar-refractivity contribution in [2.24, 2.45) is 0 Å². The van der Waals surface area contributed by atoms with Crippen LogP contribution >= 0.6 is 15.9 Å². The van der Waals surface area contributed by atoms with Crippen LogP contribution < -0.4 is 26.4 Å². The number of carbonyl (C=O) groups excluding carboxylic acids is 1. The first-order valence-corrected chi connectivity index (χ1v) is 22.5. The number of Topliss-reactive ketones (excluding diaryl/α,β-unsaturated/α-hetero) is 1. The predicted octanol–water partition coefficient (Wildman–Crippen LogP) is 15.5. The Hall–Kier alpha value is -7.00. The molecule has 0 aliphatic heterocycles. The van der Waals surface area contributed by atoms with Crippen molar-refractivity contribution in [3.05, 3.63) is 206 Å². The van der Waals surface area contributed by atoms with Gasteiger partial charge in [-0.2, -0.15) is 132 Å². The first-order chi connectivity index (χ1) is 36.0. The number of ketones is 1. The molecule has 0 amide bonds. The number of aromatic nitrogens is 1. The van der Waals surface area contributed by atoms with Crippen LogP contribution in [0.2, 0.25) is 0 Å². The Morgan fingerprint density at radius 2 is 0.620 bits per heavy atom. The summed E-state index contributed by atoms with van der Waals surface area (Å²) in [4.78, 5) is 12.4. The van der Waals surface area contributed by atoms with Crippen LogP contribution in [-0.4, -0.2) is 11.9 Å². The summed E-state index contributed by atoms with van der Waals surface area (Å²) in [5.41, 5.74) is -27.4. The smallest absolute Gasteiger partial charge is 0.287 e. The molecule has 7 aromatic rings. The van der Waals surface area contributed by atoms with Crippen LogP contribution in [0.5, 0.6) is 0 Å². The fraction of sp³-hybridized carbons (Fsp3) is 0.176. The maximum Gasteiger partial charge on any atom is 0.416 e. The number of halogens is 25. The summed E-state index contributed by atoms with van der Waals surface area (Å²) in [5.74, 6) is 0.107. The second kappa shape index (κ2) is 21.6. The van der Waals surface area contributed by atoms with E-state index in [0.717, 1.165) is 21.3 Å². The van der Waals surface area contributed by atoms with Crippen molar-refractivity contribution in [3.63, 3.8) is 0 Å². The summed E-state index contributed by atoms with van der Waals surface area (Å²) >= 11 is 3.45. The standard InChI is InChI=1S/C32H12BF24.C19H15BrNO/c34-25(35,36)13-1-14(26(37,38)39)6-21(5-13)33(22-7-15(27(40,41)42)2-16(8-22)28(43,44)45,23-9-17(29(46,47)48)3-18(10-23)30(49,50)51)24-11-19(31(52,53)54)4-20(12-24)32(55,56)57;20-17-11-9-15(10-12-17)18-8-4-5-13-21(18)14-19(22)16-6-2-1-3-7-16/h1-12H;1-13H,14H2/q-1;+1. The third-order valence-corrected chi connectivity index (χ3v) is 12.5. The molecule has 6 aromatic carbocycles. The van der Waals surface area contributed by atoms with Gasteiger partial charge in [-0.3, -0.25) is 4.79 Å². The molecule has 28 heteroatoms. The van der Waals surface area contributed by atoms with Gasteiger partial charge in [0.1, 0.15) is 6.15 Å². The first-order valence-electron chi connectivity index (χ1n) is 21.7. The fourth-order valence-corrected chi connectivity index (χ4v) is 8.70. The summed E-state index contributed by atoms with van der Waals surface area (Å²) in [6.07, 6.45) is -52.9. The van der Waals surface area contributed by atoms with Gasteiger partial charge in [0.25, 0.3) is 0 Å². The molecule has 0 fully saturated rings. The van der Waals surface area contributed by atoms with Gasteiger partial charge >= 0.3 is 49.4 Å². The number of rotatable bonds is 8. The molecule has 0 unspecified atom stereocenters. The molecular formula is C51H27BBrF24NO. The van der Waals surface area contributed by atoms with E-state index in [2.05, 4.69) is 15.9 Å². The minimum absolute atomic E-state index is 0.107. The number of hydrogen-bond acceptors (Lipinski definition) is 1. The van der Waals surface area contributed by atoms with Gasteiger partial charge in [-0.1, -0.05) is 94.8 Å². The summed E-state index contributed by atoms with van der Waals surface area (Å²) < 4.78 is 344. The molecule has 0 saturated carbocycles. The molecule has 0 saturated heterocycles. The van der Waals surface area contributed by atoms with E-state index in [1.165, 1.54) is 0 Å². The highest BCUT2D eigenvalue weighted by molar-refractivity contribution is 9.10. The minimum atomic E-state index is -6.13. The van der Waals surface area contributed by atoms with Gasteiger partial charge in [-0.25, -0.2) is 0 Å². The Balaban J connectivity index is 0.000000378. The van der Waals surface area contributed by atoms with Crippen molar-refractivity contribution < 1.29 is 115 Å². The first kappa shape index (κ1) is 61.2. The number of hydrogen-bond donors (Lipinski definition) is 0. The number of pyridine rings is 1. The van der Waals surface area contributed by atoms with Crippen LogP contribution in [0, 0.1) is 0 Å². The average Bonchev–Trinajstić information content (AvgIpc) is 3.40. The van der Waals surface area contributed by atoms with Gasteiger partial charge in [0.05, 0.1) is 44.5 Å². The number of nitrogens with zero attached hydrogens (tertiary/aromatic N) is 1. The SMILES string of the molecule is FC(F)(F)c1cc([B-](c2cc(C(F)(F)F)cc(C(F)(F)F)c2)(c2cc(C(F)(F)F)cc(C(F)(F)F)c2)c2cc(C(F)(F)F)cc(C(F)(F)F)c2)cc(C(F)(F)F)c1.O=C(C[n+]1ccccc1-c1ccc(Br)cc1)c1ccccc1. The van der Waals surface area contributed by atoms with Crippen LogP contribution in [0.25, 0.3) is 11.3 Å². The zero-order chi connectivity index (χ0) is 59.3. The molecule has 420 valence electrons. The van der Waals surface area contributed by atoms with Gasteiger partial charge in [-0.05, 0) is 54.6 Å². The van der Waals surface area contributed by atoms with Gasteiger partial charge in [-0.15, -0.1) is 0 Å². The van der Waals surface area contributed by atoms with Crippen LogP contribution in [0.1, 0.15) is 54.9 Å². The maximum atomic E-state index is 14.2. The zero-order valence-electron chi connectivity index (χ0n) is 38.5. The Labute approximate surface area is 437 Å². The Bertz CT molecular complexity index is 2900. The van der Waals surface area contributed by atoms with Gasteiger partial charge < -0.3 is 0 Å². The van der Waals surface area contributed by atoms with Crippen molar-refractivity contribution >= 4 is 49.7 Å². The molecule has 0 aliphatic rings. The number of carbonyl (C=O) groups is 1. The maximum absolute atomic E-state index is 14.2. The minimum Gasteiger partial charge on any atom is -0.287 e. The Morgan fingerprint density at radius 1 is 0.354 bits per heavy atom. The van der Waals surface area contributed by atoms with E-state index >= 15 is 0 Å². The van der Waals surface area contributed by atoms with Crippen LogP contribution in [0.4, 0.5) is 105 Å². The lowest BCUT2D eigenvalue weighted by molar-refractivity contribution is -0.672. The van der Waals surface area contributed by atoms with Gasteiger partial charge in [0.15, 0.2) is 6.20 Å². The molecule has 1 heterocycles. The van der Waals surface area contributed by atoms with E-state index in [1.807, 2.05) is 83.6 Å². The molecule has 0 spiro atoms. The van der Waals surface area contributed by atoms with Crippen molar-refractivity contribution in [2.45, 2.75) is 56.0 Å². The van der Waals surface area contributed by atoms with Crippen molar-refractivity contribution in [1.82, 2.24) is 0 Å².